The number of carbonyl (C=O) groups excluding carboxylic acids is 1. The number of hydrogen-bond acceptors (Lipinski definition) is 4. The quantitative estimate of drug-likeness (QED) is 0.706. The van der Waals surface area contributed by atoms with Gasteiger partial charge in [-0.05, 0) is 12.1 Å². The van der Waals surface area contributed by atoms with Crippen LogP contribution in [0.25, 0.3) is 5.52 Å². The summed E-state index contributed by atoms with van der Waals surface area (Å²) in [4.78, 5) is 19.5. The first-order valence-corrected chi connectivity index (χ1v) is 5.45. The molecule has 0 bridgehead atoms. The average Bonchev–Trinajstić information content (AvgIpc) is 2.82. The molecule has 3 aromatic heterocycles. The van der Waals surface area contributed by atoms with Crippen molar-refractivity contribution >= 4 is 17.2 Å². The van der Waals surface area contributed by atoms with Gasteiger partial charge in [-0.15, -0.1) is 0 Å². The zero-order valence-electron chi connectivity index (χ0n) is 9.62. The lowest BCUT2D eigenvalue weighted by molar-refractivity contribution is 0.102. The van der Waals surface area contributed by atoms with Gasteiger partial charge >= 0.3 is 0 Å². The van der Waals surface area contributed by atoms with E-state index in [9.17, 15) is 9.18 Å². The van der Waals surface area contributed by atoms with Crippen molar-refractivity contribution in [3.63, 3.8) is 0 Å². The molecule has 0 unspecified atom stereocenters. The molecule has 3 heterocycles. The maximum Gasteiger partial charge on any atom is 0.260 e. The summed E-state index contributed by atoms with van der Waals surface area (Å²) in [6.07, 6.45) is 6.15. The van der Waals surface area contributed by atoms with Crippen LogP contribution in [0.4, 0.5) is 10.2 Å². The molecular weight excluding hydrogens is 249 g/mol. The fourth-order valence-corrected chi connectivity index (χ4v) is 1.67. The summed E-state index contributed by atoms with van der Waals surface area (Å²) in [5.74, 6) is -0.923. The molecule has 0 fully saturated rings. The third-order valence-electron chi connectivity index (χ3n) is 2.53. The standard InChI is InChI=1S/C12H8FN5O/c13-10-2-1-3-11(16-10)17-12(19)8-6-15-18-5-4-14-7-9(8)18/h1-7H,(H,16,17,19). The van der Waals surface area contributed by atoms with Gasteiger partial charge in [-0.25, -0.2) is 9.50 Å². The molecule has 6 nitrogen and oxygen atoms in total. The first-order valence-electron chi connectivity index (χ1n) is 5.45. The third-order valence-corrected chi connectivity index (χ3v) is 2.53. The summed E-state index contributed by atoms with van der Waals surface area (Å²) in [6, 6.07) is 4.18. The summed E-state index contributed by atoms with van der Waals surface area (Å²) < 4.78 is 14.5. The molecular formula is C12H8FN5O. The maximum atomic E-state index is 12.9. The van der Waals surface area contributed by atoms with Gasteiger partial charge in [0.25, 0.3) is 5.91 Å². The highest BCUT2D eigenvalue weighted by atomic mass is 19.1. The van der Waals surface area contributed by atoms with Gasteiger partial charge < -0.3 is 5.32 Å². The van der Waals surface area contributed by atoms with E-state index >= 15 is 0 Å². The third kappa shape index (κ3) is 2.13. The number of hydrogen-bond donors (Lipinski definition) is 1. The summed E-state index contributed by atoms with van der Waals surface area (Å²) in [6.45, 7) is 0. The van der Waals surface area contributed by atoms with Gasteiger partial charge in [-0.2, -0.15) is 9.49 Å². The molecule has 0 aliphatic carbocycles. The lowest BCUT2D eigenvalue weighted by atomic mass is 10.3. The number of fused-ring (bicyclic) bond motifs is 1. The van der Waals surface area contributed by atoms with E-state index in [4.69, 9.17) is 0 Å². The summed E-state index contributed by atoms with van der Waals surface area (Å²) in [7, 11) is 0. The van der Waals surface area contributed by atoms with Gasteiger partial charge in [-0.1, -0.05) is 6.07 Å². The first-order chi connectivity index (χ1) is 9.24. The van der Waals surface area contributed by atoms with E-state index in [-0.39, 0.29) is 5.82 Å². The average molecular weight is 257 g/mol. The molecule has 19 heavy (non-hydrogen) atoms. The van der Waals surface area contributed by atoms with E-state index in [1.54, 1.807) is 12.4 Å². The number of aromatic nitrogens is 4. The van der Waals surface area contributed by atoms with Crippen LogP contribution < -0.4 is 5.32 Å². The van der Waals surface area contributed by atoms with E-state index in [0.717, 1.165) is 0 Å². The Kier molecular flexibility index (Phi) is 2.64. The van der Waals surface area contributed by atoms with Crippen LogP contribution in [0.2, 0.25) is 0 Å². The number of halogens is 1. The van der Waals surface area contributed by atoms with Gasteiger partial charge in [0.2, 0.25) is 5.95 Å². The number of amides is 1. The lowest BCUT2D eigenvalue weighted by Crippen LogP contribution is -2.13. The molecule has 0 saturated heterocycles. The van der Waals surface area contributed by atoms with Crippen molar-refractivity contribution in [3.8, 4) is 0 Å². The molecule has 0 atom stereocenters. The van der Waals surface area contributed by atoms with Gasteiger partial charge in [0.15, 0.2) is 0 Å². The fourth-order valence-electron chi connectivity index (χ4n) is 1.67. The molecule has 94 valence electrons. The highest BCUT2D eigenvalue weighted by molar-refractivity contribution is 6.08. The van der Waals surface area contributed by atoms with Crippen LogP contribution in [0.15, 0.2) is 43.0 Å². The topological polar surface area (TPSA) is 72.2 Å². The van der Waals surface area contributed by atoms with Crippen LogP contribution in [-0.4, -0.2) is 25.5 Å². The predicted molar refractivity (Wildman–Crippen MR) is 65.1 cm³/mol. The zero-order valence-corrected chi connectivity index (χ0v) is 9.62. The Morgan fingerprint density at radius 1 is 1.32 bits per heavy atom. The molecule has 0 aliphatic rings. The van der Waals surface area contributed by atoms with Crippen molar-refractivity contribution in [3.05, 3.63) is 54.5 Å². The largest absolute Gasteiger partial charge is 0.306 e. The Hall–Kier alpha value is -2.83. The maximum absolute atomic E-state index is 12.9. The molecule has 1 N–H and O–H groups in total. The minimum absolute atomic E-state index is 0.147. The highest BCUT2D eigenvalue weighted by Crippen LogP contribution is 2.11. The minimum atomic E-state index is -0.653. The molecule has 7 heteroatoms. The number of carbonyl (C=O) groups is 1. The van der Waals surface area contributed by atoms with Crippen LogP contribution in [0.1, 0.15) is 10.4 Å². The Balaban J connectivity index is 1.92. The van der Waals surface area contributed by atoms with E-state index < -0.39 is 11.9 Å². The zero-order chi connectivity index (χ0) is 13.2. The van der Waals surface area contributed by atoms with Crippen molar-refractivity contribution < 1.29 is 9.18 Å². The fraction of sp³-hybridized carbons (Fsp3) is 0. The summed E-state index contributed by atoms with van der Waals surface area (Å²) in [5.41, 5.74) is 0.913. The number of nitrogens with zero attached hydrogens (tertiary/aromatic N) is 4. The van der Waals surface area contributed by atoms with Crippen molar-refractivity contribution in [2.45, 2.75) is 0 Å². The second-order valence-electron chi connectivity index (χ2n) is 3.76. The molecule has 0 aliphatic heterocycles. The van der Waals surface area contributed by atoms with E-state index in [1.807, 2.05) is 0 Å². The second kappa shape index (κ2) is 4.45. The summed E-state index contributed by atoms with van der Waals surface area (Å²) >= 11 is 0. The normalized spacial score (nSPS) is 10.6. The van der Waals surface area contributed by atoms with Gasteiger partial charge in [0, 0.05) is 12.4 Å². The van der Waals surface area contributed by atoms with Crippen molar-refractivity contribution in [2.24, 2.45) is 0 Å². The Morgan fingerprint density at radius 3 is 3.05 bits per heavy atom. The van der Waals surface area contributed by atoms with Crippen LogP contribution in [0.3, 0.4) is 0 Å². The molecule has 0 spiro atoms. The number of nitrogens with one attached hydrogen (secondary N) is 1. The van der Waals surface area contributed by atoms with E-state index in [2.05, 4.69) is 20.4 Å². The van der Waals surface area contributed by atoms with Gasteiger partial charge in [-0.3, -0.25) is 9.78 Å². The second-order valence-corrected chi connectivity index (χ2v) is 3.76. The number of anilines is 1. The smallest absolute Gasteiger partial charge is 0.260 e. The Bertz CT molecular complexity index is 754. The van der Waals surface area contributed by atoms with Crippen molar-refractivity contribution in [1.29, 1.82) is 0 Å². The lowest BCUT2D eigenvalue weighted by Gasteiger charge is -2.02. The predicted octanol–water partition coefficient (Wildman–Crippen LogP) is 1.52. The molecule has 0 aromatic carbocycles. The van der Waals surface area contributed by atoms with E-state index in [1.165, 1.54) is 35.1 Å². The molecule has 0 saturated carbocycles. The van der Waals surface area contributed by atoms with Crippen molar-refractivity contribution in [2.75, 3.05) is 5.32 Å². The number of rotatable bonds is 2. The SMILES string of the molecule is O=C(Nc1cccc(F)n1)c1cnn2ccncc12. The van der Waals surface area contributed by atoms with E-state index in [0.29, 0.717) is 11.1 Å². The van der Waals surface area contributed by atoms with Crippen LogP contribution >= 0.6 is 0 Å². The molecule has 3 aromatic rings. The van der Waals surface area contributed by atoms with Crippen LogP contribution in [-0.2, 0) is 0 Å². The molecule has 3 rings (SSSR count). The van der Waals surface area contributed by atoms with Crippen molar-refractivity contribution in [1.82, 2.24) is 19.6 Å². The molecule has 0 radical (unpaired) electrons. The van der Waals surface area contributed by atoms with Crippen LogP contribution in [0.5, 0.6) is 0 Å². The highest BCUT2D eigenvalue weighted by Gasteiger charge is 2.13. The Labute approximate surface area is 106 Å². The van der Waals surface area contributed by atoms with Gasteiger partial charge in [0.05, 0.1) is 23.5 Å². The number of pyridine rings is 1. The molecule has 1 amide bonds. The first kappa shape index (κ1) is 11.3. The van der Waals surface area contributed by atoms with Gasteiger partial charge in [0.1, 0.15) is 5.82 Å². The minimum Gasteiger partial charge on any atom is -0.306 e. The Morgan fingerprint density at radius 2 is 2.21 bits per heavy atom. The summed E-state index contributed by atoms with van der Waals surface area (Å²) in [5, 5.41) is 6.53. The van der Waals surface area contributed by atoms with Crippen LogP contribution in [0, 0.1) is 5.95 Å². The monoisotopic (exact) mass is 257 g/mol.